The lowest BCUT2D eigenvalue weighted by Gasteiger charge is -2.07. The summed E-state index contributed by atoms with van der Waals surface area (Å²) in [5.74, 6) is -1.28. The van der Waals surface area contributed by atoms with Gasteiger partial charge in [-0.3, -0.25) is 9.59 Å². The summed E-state index contributed by atoms with van der Waals surface area (Å²) in [7, 11) is 1.29. The molecular weight excluding hydrogens is 479 g/mol. The van der Waals surface area contributed by atoms with E-state index < -0.39 is 17.8 Å². The zero-order valence-electron chi connectivity index (χ0n) is 17.1. The number of carbonyl (C=O) groups is 3. The van der Waals surface area contributed by atoms with Gasteiger partial charge in [0.05, 0.1) is 34.5 Å². The molecule has 0 saturated carbocycles. The van der Waals surface area contributed by atoms with Crippen molar-refractivity contribution in [3.05, 3.63) is 56.8 Å². The zero-order valence-corrected chi connectivity index (χ0v) is 19.4. The van der Waals surface area contributed by atoms with E-state index >= 15 is 0 Å². The minimum Gasteiger partial charge on any atom is -0.482 e. The summed E-state index contributed by atoms with van der Waals surface area (Å²) in [4.78, 5) is 40.8. The quantitative estimate of drug-likeness (QED) is 0.460. The number of benzene rings is 2. The Morgan fingerprint density at radius 3 is 2.59 bits per heavy atom. The van der Waals surface area contributed by atoms with Crippen LogP contribution in [0.3, 0.4) is 0 Å². The van der Waals surface area contributed by atoms with Crippen LogP contribution in [-0.2, 0) is 25.6 Å². The zero-order chi connectivity index (χ0) is 23.3. The van der Waals surface area contributed by atoms with Gasteiger partial charge in [0.2, 0.25) is 0 Å². The van der Waals surface area contributed by atoms with Gasteiger partial charge >= 0.3 is 11.9 Å². The highest BCUT2D eigenvalue weighted by molar-refractivity contribution is 7.16. The van der Waals surface area contributed by atoms with Gasteiger partial charge in [0, 0.05) is 5.02 Å². The van der Waals surface area contributed by atoms with Crippen molar-refractivity contribution in [1.82, 2.24) is 4.57 Å². The third kappa shape index (κ3) is 5.67. The molecule has 3 aromatic rings. The number of esters is 2. The Labute approximate surface area is 196 Å². The molecule has 0 atom stereocenters. The second-order valence-electron chi connectivity index (χ2n) is 6.32. The van der Waals surface area contributed by atoms with E-state index in [4.69, 9.17) is 37.4 Å². The third-order valence-electron chi connectivity index (χ3n) is 4.16. The molecule has 1 amide bonds. The lowest BCUT2D eigenvalue weighted by Crippen LogP contribution is -2.24. The number of carbonyl (C=O) groups excluding carboxylic acids is 3. The standard InChI is InChI=1S/C21H18Cl2N2O6S/c1-3-30-19(27)10-25-15-6-4-12(20(28)29-2)8-17(15)32-21(25)24-18(26)11-31-16-7-5-13(22)9-14(16)23/h4-9H,3,10-11H2,1-2H3. The molecule has 0 unspecified atom stereocenters. The van der Waals surface area contributed by atoms with Gasteiger partial charge in [0.1, 0.15) is 12.3 Å². The Balaban J connectivity index is 1.94. The highest BCUT2D eigenvalue weighted by atomic mass is 35.5. The van der Waals surface area contributed by atoms with Crippen LogP contribution >= 0.6 is 34.5 Å². The average Bonchev–Trinajstić information content (AvgIpc) is 3.08. The number of fused-ring (bicyclic) bond motifs is 1. The molecule has 1 aromatic heterocycles. The molecule has 0 fully saturated rings. The van der Waals surface area contributed by atoms with Gasteiger partial charge < -0.3 is 18.8 Å². The van der Waals surface area contributed by atoms with Crippen LogP contribution in [0.25, 0.3) is 10.2 Å². The highest BCUT2D eigenvalue weighted by Gasteiger charge is 2.15. The number of hydrogen-bond donors (Lipinski definition) is 0. The van der Waals surface area contributed by atoms with Gasteiger partial charge in [0.15, 0.2) is 11.4 Å². The van der Waals surface area contributed by atoms with E-state index in [0.29, 0.717) is 20.8 Å². The van der Waals surface area contributed by atoms with Crippen LogP contribution in [0.5, 0.6) is 5.75 Å². The maximum atomic E-state index is 12.5. The van der Waals surface area contributed by atoms with Crippen molar-refractivity contribution in [2.45, 2.75) is 13.5 Å². The fourth-order valence-corrected chi connectivity index (χ4v) is 4.31. The first kappa shape index (κ1) is 23.8. The molecule has 0 N–H and O–H groups in total. The first-order valence-corrected chi connectivity index (χ1v) is 10.9. The van der Waals surface area contributed by atoms with Gasteiger partial charge in [-0.25, -0.2) is 4.79 Å². The minimum atomic E-state index is -0.589. The van der Waals surface area contributed by atoms with Crippen molar-refractivity contribution in [1.29, 1.82) is 0 Å². The van der Waals surface area contributed by atoms with Gasteiger partial charge in [-0.1, -0.05) is 34.5 Å². The van der Waals surface area contributed by atoms with Gasteiger partial charge in [-0.2, -0.15) is 4.99 Å². The molecule has 168 valence electrons. The Kier molecular flexibility index (Phi) is 7.89. The summed E-state index contributed by atoms with van der Waals surface area (Å²) in [6, 6.07) is 9.47. The lowest BCUT2D eigenvalue weighted by atomic mass is 10.2. The lowest BCUT2D eigenvalue weighted by molar-refractivity contribution is -0.143. The maximum absolute atomic E-state index is 12.5. The van der Waals surface area contributed by atoms with E-state index in [9.17, 15) is 14.4 Å². The summed E-state index contributed by atoms with van der Waals surface area (Å²) >= 11 is 13.0. The van der Waals surface area contributed by atoms with Gasteiger partial charge in [-0.15, -0.1) is 0 Å². The number of thiazole rings is 1. The second-order valence-corrected chi connectivity index (χ2v) is 8.17. The number of rotatable bonds is 7. The molecule has 3 rings (SSSR count). The molecule has 0 aliphatic carbocycles. The normalized spacial score (nSPS) is 11.4. The molecule has 0 aliphatic heterocycles. The number of aromatic nitrogens is 1. The second kappa shape index (κ2) is 10.6. The van der Waals surface area contributed by atoms with Crippen LogP contribution in [0.1, 0.15) is 17.3 Å². The van der Waals surface area contributed by atoms with E-state index in [0.717, 1.165) is 11.3 Å². The van der Waals surface area contributed by atoms with E-state index in [1.165, 1.54) is 13.2 Å². The Bertz CT molecular complexity index is 1250. The molecule has 1 heterocycles. The van der Waals surface area contributed by atoms with Crippen LogP contribution in [0.2, 0.25) is 10.0 Å². The molecule has 8 nitrogen and oxygen atoms in total. The smallest absolute Gasteiger partial charge is 0.337 e. The number of halogens is 2. The molecule has 0 bridgehead atoms. The first-order valence-electron chi connectivity index (χ1n) is 9.35. The van der Waals surface area contributed by atoms with Crippen molar-refractivity contribution in [2.75, 3.05) is 20.3 Å². The van der Waals surface area contributed by atoms with E-state index in [1.807, 2.05) is 0 Å². The monoisotopic (exact) mass is 496 g/mol. The Morgan fingerprint density at radius 1 is 1.12 bits per heavy atom. The molecule has 2 aromatic carbocycles. The average molecular weight is 497 g/mol. The largest absolute Gasteiger partial charge is 0.482 e. The molecule has 0 aliphatic rings. The first-order chi connectivity index (χ1) is 15.3. The van der Waals surface area contributed by atoms with E-state index in [1.54, 1.807) is 41.8 Å². The summed E-state index contributed by atoms with van der Waals surface area (Å²) in [6.07, 6.45) is 0. The number of nitrogens with zero attached hydrogens (tertiary/aromatic N) is 2. The predicted octanol–water partition coefficient (Wildman–Crippen LogP) is 3.87. The fourth-order valence-electron chi connectivity index (χ4n) is 2.76. The molecule has 0 radical (unpaired) electrons. The van der Waals surface area contributed by atoms with Crippen molar-refractivity contribution in [3.8, 4) is 5.75 Å². The van der Waals surface area contributed by atoms with Gasteiger partial charge in [-0.05, 0) is 43.3 Å². The molecular formula is C21H18Cl2N2O6S. The van der Waals surface area contributed by atoms with E-state index in [2.05, 4.69) is 4.99 Å². The summed E-state index contributed by atoms with van der Waals surface area (Å²) in [6.45, 7) is 1.39. The Morgan fingerprint density at radius 2 is 1.91 bits per heavy atom. The Hall–Kier alpha value is -2.88. The van der Waals surface area contributed by atoms with Crippen LogP contribution in [0.15, 0.2) is 41.4 Å². The topological polar surface area (TPSA) is 96.2 Å². The fraction of sp³-hybridized carbons (Fsp3) is 0.238. The maximum Gasteiger partial charge on any atom is 0.337 e. The predicted molar refractivity (Wildman–Crippen MR) is 120 cm³/mol. The molecule has 11 heteroatoms. The number of ether oxygens (including phenoxy) is 3. The van der Waals surface area contributed by atoms with E-state index in [-0.39, 0.29) is 35.3 Å². The minimum absolute atomic E-state index is 0.151. The van der Waals surface area contributed by atoms with Crippen molar-refractivity contribution < 1.29 is 28.6 Å². The van der Waals surface area contributed by atoms with Crippen LogP contribution < -0.4 is 9.54 Å². The van der Waals surface area contributed by atoms with Gasteiger partial charge in [0.25, 0.3) is 5.91 Å². The third-order valence-corrected chi connectivity index (χ3v) is 5.73. The summed E-state index contributed by atoms with van der Waals surface area (Å²) in [5, 5.41) is 0.704. The highest BCUT2D eigenvalue weighted by Crippen LogP contribution is 2.27. The molecule has 0 spiro atoms. The number of hydrogen-bond acceptors (Lipinski definition) is 7. The summed E-state index contributed by atoms with van der Waals surface area (Å²) in [5.41, 5.74) is 0.951. The number of amides is 1. The molecule has 32 heavy (non-hydrogen) atoms. The van der Waals surface area contributed by atoms with Crippen LogP contribution in [-0.4, -0.2) is 42.7 Å². The SMILES string of the molecule is CCOC(=O)Cn1c(=NC(=O)COc2ccc(Cl)cc2Cl)sc2cc(C(=O)OC)ccc21. The van der Waals surface area contributed by atoms with Crippen LogP contribution in [0, 0.1) is 0 Å². The van der Waals surface area contributed by atoms with Crippen molar-refractivity contribution >= 4 is 62.6 Å². The number of methoxy groups -OCH3 is 1. The molecule has 0 saturated heterocycles. The summed E-state index contributed by atoms with van der Waals surface area (Å²) < 4.78 is 17.4. The van der Waals surface area contributed by atoms with Crippen molar-refractivity contribution in [2.24, 2.45) is 4.99 Å². The van der Waals surface area contributed by atoms with Crippen molar-refractivity contribution in [3.63, 3.8) is 0 Å². The van der Waals surface area contributed by atoms with Crippen LogP contribution in [0.4, 0.5) is 0 Å².